The summed E-state index contributed by atoms with van der Waals surface area (Å²) in [6, 6.07) is 20.2. The molecule has 1 aliphatic heterocycles. The van der Waals surface area contributed by atoms with Crippen LogP contribution in [0.5, 0.6) is 0 Å². The number of hydrogen-bond acceptors (Lipinski definition) is 4. The molecule has 1 amide bonds. The summed E-state index contributed by atoms with van der Waals surface area (Å²) in [5.41, 5.74) is 4.68. The van der Waals surface area contributed by atoms with Crippen molar-refractivity contribution in [3.63, 3.8) is 0 Å². The minimum absolute atomic E-state index is 0.0321. The van der Waals surface area contributed by atoms with E-state index in [4.69, 9.17) is 0 Å². The summed E-state index contributed by atoms with van der Waals surface area (Å²) < 4.78 is 0. The number of aromatic amines is 1. The van der Waals surface area contributed by atoms with Crippen LogP contribution in [0.2, 0.25) is 0 Å². The molecule has 0 aliphatic carbocycles. The molecule has 2 aromatic carbocycles. The summed E-state index contributed by atoms with van der Waals surface area (Å²) in [5.74, 6) is -0.0321. The monoisotopic (exact) mass is 411 g/mol. The Balaban J connectivity index is 1.30. The maximum absolute atomic E-state index is 13.0. The smallest absolute Gasteiger partial charge is 0.251 e. The quantitative estimate of drug-likeness (QED) is 0.520. The van der Waals surface area contributed by atoms with E-state index in [0.29, 0.717) is 5.56 Å². The fourth-order valence-corrected chi connectivity index (χ4v) is 4.31. The number of pyridine rings is 1. The van der Waals surface area contributed by atoms with Gasteiger partial charge in [-0.15, -0.1) is 0 Å². The zero-order valence-corrected chi connectivity index (χ0v) is 17.3. The Labute approximate surface area is 181 Å². The van der Waals surface area contributed by atoms with Crippen molar-refractivity contribution in [1.29, 1.82) is 0 Å². The topological polar surface area (TPSA) is 73.9 Å². The van der Waals surface area contributed by atoms with E-state index in [1.165, 1.54) is 5.56 Å². The number of carbonyl (C=O) groups is 1. The Morgan fingerprint density at radius 1 is 1.10 bits per heavy atom. The van der Waals surface area contributed by atoms with Gasteiger partial charge in [0, 0.05) is 48.0 Å². The van der Waals surface area contributed by atoms with E-state index in [9.17, 15) is 4.79 Å². The highest BCUT2D eigenvalue weighted by atomic mass is 16.1. The molecule has 0 radical (unpaired) electrons. The third kappa shape index (κ3) is 4.34. The van der Waals surface area contributed by atoms with Gasteiger partial charge in [0.1, 0.15) is 5.69 Å². The molecule has 0 saturated carbocycles. The second-order valence-corrected chi connectivity index (χ2v) is 8.10. The van der Waals surface area contributed by atoms with Crippen molar-refractivity contribution in [3.8, 4) is 11.3 Å². The minimum Gasteiger partial charge on any atom is -0.348 e. The number of carbonyl (C=O) groups excluding carboxylic acids is 1. The summed E-state index contributed by atoms with van der Waals surface area (Å²) in [5, 5.41) is 11.7. The van der Waals surface area contributed by atoms with E-state index < -0.39 is 0 Å². The molecule has 3 heterocycles. The average molecular weight is 412 g/mol. The number of fused-ring (bicyclic) bond motifs is 1. The number of likely N-dealkylation sites (tertiary alicyclic amines) is 1. The van der Waals surface area contributed by atoms with Crippen molar-refractivity contribution in [2.75, 3.05) is 13.1 Å². The molecular weight excluding hydrogens is 386 g/mol. The first-order valence-corrected chi connectivity index (χ1v) is 10.7. The van der Waals surface area contributed by atoms with Crippen molar-refractivity contribution in [3.05, 3.63) is 84.2 Å². The van der Waals surface area contributed by atoms with Crippen LogP contribution in [0, 0.1) is 0 Å². The van der Waals surface area contributed by atoms with Crippen LogP contribution in [0.15, 0.2) is 73.1 Å². The van der Waals surface area contributed by atoms with Crippen LogP contribution in [-0.4, -0.2) is 45.1 Å². The second kappa shape index (κ2) is 8.70. The Hall–Kier alpha value is -3.51. The van der Waals surface area contributed by atoms with Crippen LogP contribution in [0.3, 0.4) is 0 Å². The van der Waals surface area contributed by atoms with Gasteiger partial charge >= 0.3 is 0 Å². The van der Waals surface area contributed by atoms with Crippen molar-refractivity contribution >= 4 is 16.8 Å². The predicted octanol–water partition coefficient (Wildman–Crippen LogP) is 4.02. The zero-order chi connectivity index (χ0) is 21.0. The van der Waals surface area contributed by atoms with Crippen LogP contribution in [0.1, 0.15) is 28.8 Å². The molecule has 1 atom stereocenters. The molecule has 0 bridgehead atoms. The van der Waals surface area contributed by atoms with Crippen molar-refractivity contribution in [2.45, 2.75) is 25.4 Å². The lowest BCUT2D eigenvalue weighted by Crippen LogP contribution is -2.47. The summed E-state index contributed by atoms with van der Waals surface area (Å²) in [7, 11) is 0. The van der Waals surface area contributed by atoms with Crippen LogP contribution in [-0.2, 0) is 6.54 Å². The van der Waals surface area contributed by atoms with Crippen molar-refractivity contribution < 1.29 is 4.79 Å². The van der Waals surface area contributed by atoms with E-state index in [1.807, 2.05) is 36.4 Å². The highest BCUT2D eigenvalue weighted by Gasteiger charge is 2.22. The number of H-pyrrole nitrogens is 1. The number of aromatic nitrogens is 3. The molecule has 6 nitrogen and oxygen atoms in total. The third-order valence-corrected chi connectivity index (χ3v) is 5.87. The fraction of sp³-hybridized carbons (Fsp3) is 0.240. The maximum atomic E-state index is 13.0. The first-order valence-electron chi connectivity index (χ1n) is 10.7. The first kappa shape index (κ1) is 19.5. The van der Waals surface area contributed by atoms with Gasteiger partial charge in [0.05, 0.1) is 5.52 Å². The number of nitrogens with zero attached hydrogens (tertiary/aromatic N) is 3. The summed E-state index contributed by atoms with van der Waals surface area (Å²) in [6.45, 7) is 2.86. The van der Waals surface area contributed by atoms with Crippen LogP contribution < -0.4 is 5.32 Å². The maximum Gasteiger partial charge on any atom is 0.251 e. The van der Waals surface area contributed by atoms with E-state index in [2.05, 4.69) is 49.7 Å². The van der Waals surface area contributed by atoms with Gasteiger partial charge in [0.25, 0.3) is 5.91 Å². The molecule has 4 aromatic rings. The van der Waals surface area contributed by atoms with Crippen molar-refractivity contribution in [1.82, 2.24) is 25.4 Å². The Kier molecular flexibility index (Phi) is 5.46. The lowest BCUT2D eigenvalue weighted by atomic mass is 10.0. The van der Waals surface area contributed by atoms with E-state index in [1.54, 1.807) is 12.4 Å². The molecule has 1 fully saturated rings. The lowest BCUT2D eigenvalue weighted by molar-refractivity contribution is 0.0901. The van der Waals surface area contributed by atoms with Gasteiger partial charge in [0.15, 0.2) is 0 Å². The molecule has 31 heavy (non-hydrogen) atoms. The predicted molar refractivity (Wildman–Crippen MR) is 122 cm³/mol. The molecule has 1 unspecified atom stereocenters. The Morgan fingerprint density at radius 3 is 2.77 bits per heavy atom. The number of rotatable bonds is 5. The van der Waals surface area contributed by atoms with Gasteiger partial charge in [0.2, 0.25) is 0 Å². The third-order valence-electron chi connectivity index (χ3n) is 5.87. The largest absolute Gasteiger partial charge is 0.348 e. The normalized spacial score (nSPS) is 17.0. The van der Waals surface area contributed by atoms with Gasteiger partial charge < -0.3 is 5.32 Å². The molecule has 156 valence electrons. The molecule has 2 N–H and O–H groups in total. The molecule has 5 rings (SSSR count). The molecule has 1 aliphatic rings. The fourth-order valence-electron chi connectivity index (χ4n) is 4.31. The average Bonchev–Trinajstić information content (AvgIpc) is 3.24. The highest BCUT2D eigenvalue weighted by molar-refractivity contribution is 6.01. The number of nitrogens with one attached hydrogen (secondary N) is 2. The SMILES string of the molecule is O=C(NC1CCCN(Cc2ccccc2)C1)c1ccc2[nH]nc(-c3ccncc3)c2c1. The molecule has 0 spiro atoms. The van der Waals surface area contributed by atoms with Crippen LogP contribution >= 0.6 is 0 Å². The van der Waals surface area contributed by atoms with Gasteiger partial charge in [-0.1, -0.05) is 30.3 Å². The minimum atomic E-state index is -0.0321. The molecule has 2 aromatic heterocycles. The van der Waals surface area contributed by atoms with Crippen molar-refractivity contribution in [2.24, 2.45) is 0 Å². The summed E-state index contributed by atoms with van der Waals surface area (Å²) >= 11 is 0. The van der Waals surface area contributed by atoms with Gasteiger partial charge in [-0.05, 0) is 55.3 Å². The summed E-state index contributed by atoms with van der Waals surface area (Å²) in [6.07, 6.45) is 5.59. The zero-order valence-electron chi connectivity index (χ0n) is 17.3. The second-order valence-electron chi connectivity index (χ2n) is 8.10. The molecular formula is C25H25N5O. The lowest BCUT2D eigenvalue weighted by Gasteiger charge is -2.33. The van der Waals surface area contributed by atoms with Gasteiger partial charge in [-0.25, -0.2) is 0 Å². The number of benzene rings is 2. The first-order chi connectivity index (χ1) is 15.3. The summed E-state index contributed by atoms with van der Waals surface area (Å²) in [4.78, 5) is 19.5. The van der Waals surface area contributed by atoms with E-state index >= 15 is 0 Å². The van der Waals surface area contributed by atoms with E-state index in [-0.39, 0.29) is 11.9 Å². The molecule has 1 saturated heterocycles. The number of piperidine rings is 1. The Bertz CT molecular complexity index is 1170. The number of hydrogen-bond donors (Lipinski definition) is 2. The molecule has 6 heteroatoms. The van der Waals surface area contributed by atoms with Gasteiger partial charge in [-0.3, -0.25) is 19.8 Å². The van der Waals surface area contributed by atoms with E-state index in [0.717, 1.165) is 54.6 Å². The van der Waals surface area contributed by atoms with Gasteiger partial charge in [-0.2, -0.15) is 5.10 Å². The number of amides is 1. The van der Waals surface area contributed by atoms with Crippen LogP contribution in [0.25, 0.3) is 22.2 Å². The van der Waals surface area contributed by atoms with Crippen LogP contribution in [0.4, 0.5) is 0 Å². The Morgan fingerprint density at radius 2 is 1.94 bits per heavy atom. The highest BCUT2D eigenvalue weighted by Crippen LogP contribution is 2.26. The standard InChI is InChI=1S/C25H25N5O/c31-25(27-21-7-4-14-30(17-21)16-18-5-2-1-3-6-18)20-8-9-23-22(15-20)24(29-28-23)19-10-12-26-13-11-19/h1-3,5-6,8-13,15,21H,4,7,14,16-17H2,(H,27,31)(H,28,29).